The van der Waals surface area contributed by atoms with E-state index in [0.29, 0.717) is 18.9 Å². The van der Waals surface area contributed by atoms with Gasteiger partial charge in [0.25, 0.3) is 0 Å². The predicted octanol–water partition coefficient (Wildman–Crippen LogP) is 5.86. The topological polar surface area (TPSA) is 20.3 Å². The van der Waals surface area contributed by atoms with Gasteiger partial charge in [0.1, 0.15) is 5.82 Å². The number of halogens is 4. The maximum absolute atomic E-state index is 13.8. The molecule has 0 N–H and O–H groups in total. The Morgan fingerprint density at radius 3 is 2.28 bits per heavy atom. The third-order valence-electron chi connectivity index (χ3n) is 6.21. The lowest BCUT2D eigenvalue weighted by Crippen LogP contribution is -2.52. The second kappa shape index (κ2) is 7.90. The average Bonchev–Trinajstić information content (AvgIpc) is 2.67. The molecule has 2 nitrogen and oxygen atoms in total. The van der Waals surface area contributed by atoms with Gasteiger partial charge in [-0.15, -0.1) is 0 Å². The molecule has 29 heavy (non-hydrogen) atoms. The summed E-state index contributed by atoms with van der Waals surface area (Å²) < 4.78 is 52.8. The molecule has 2 fully saturated rings. The SMILES string of the molecule is O=C(c1cc(F)cc(C(F)(F)F)c1)C1CC2CCCC(C1)N2Cc1ccccc1. The van der Waals surface area contributed by atoms with Crippen LogP contribution >= 0.6 is 0 Å². The molecule has 2 bridgehead atoms. The van der Waals surface area contributed by atoms with E-state index in [4.69, 9.17) is 0 Å². The van der Waals surface area contributed by atoms with Gasteiger partial charge < -0.3 is 0 Å². The largest absolute Gasteiger partial charge is 0.416 e. The van der Waals surface area contributed by atoms with E-state index in [9.17, 15) is 22.4 Å². The average molecular weight is 405 g/mol. The van der Waals surface area contributed by atoms with Crippen LogP contribution in [-0.2, 0) is 12.7 Å². The van der Waals surface area contributed by atoms with E-state index in [1.807, 2.05) is 18.2 Å². The molecular weight excluding hydrogens is 382 g/mol. The van der Waals surface area contributed by atoms with Crippen molar-refractivity contribution < 1.29 is 22.4 Å². The van der Waals surface area contributed by atoms with Crippen LogP contribution < -0.4 is 0 Å². The Morgan fingerprint density at radius 2 is 1.66 bits per heavy atom. The number of carbonyl (C=O) groups is 1. The number of Topliss-reactive ketones (excluding diaryl/α,β-unsaturated/α-hetero) is 1. The lowest BCUT2D eigenvalue weighted by atomic mass is 9.75. The minimum Gasteiger partial charge on any atom is -0.294 e. The van der Waals surface area contributed by atoms with Gasteiger partial charge in [0, 0.05) is 30.1 Å². The van der Waals surface area contributed by atoms with Crippen LogP contribution in [0.15, 0.2) is 48.5 Å². The number of piperidine rings is 2. The Labute approximate surface area is 167 Å². The Bertz CT molecular complexity index is 866. The summed E-state index contributed by atoms with van der Waals surface area (Å²) in [7, 11) is 0. The first-order chi connectivity index (χ1) is 13.8. The Kier molecular flexibility index (Phi) is 5.47. The number of ketones is 1. The van der Waals surface area contributed by atoms with Crippen molar-refractivity contribution in [2.24, 2.45) is 5.92 Å². The van der Waals surface area contributed by atoms with E-state index in [0.717, 1.165) is 37.9 Å². The minimum atomic E-state index is -4.67. The molecule has 0 saturated carbocycles. The molecule has 2 aliphatic rings. The van der Waals surface area contributed by atoms with Gasteiger partial charge in [-0.25, -0.2) is 4.39 Å². The third kappa shape index (κ3) is 4.37. The maximum Gasteiger partial charge on any atom is 0.416 e. The summed E-state index contributed by atoms with van der Waals surface area (Å²) in [6.07, 6.45) is -0.402. The zero-order chi connectivity index (χ0) is 20.6. The number of nitrogens with zero attached hydrogens (tertiary/aromatic N) is 1. The highest BCUT2D eigenvalue weighted by atomic mass is 19.4. The third-order valence-corrected chi connectivity index (χ3v) is 6.21. The molecule has 0 amide bonds. The molecule has 0 aromatic heterocycles. The predicted molar refractivity (Wildman–Crippen MR) is 102 cm³/mol. The lowest BCUT2D eigenvalue weighted by molar-refractivity contribution is -0.137. The van der Waals surface area contributed by atoms with Crippen molar-refractivity contribution in [1.82, 2.24) is 4.90 Å². The number of alkyl halides is 3. The summed E-state index contributed by atoms with van der Waals surface area (Å²) in [5.74, 6) is -1.75. The number of rotatable bonds is 4. The van der Waals surface area contributed by atoms with Gasteiger partial charge in [-0.05, 0) is 49.4 Å². The van der Waals surface area contributed by atoms with Gasteiger partial charge in [0.2, 0.25) is 0 Å². The molecule has 2 aromatic rings. The second-order valence-electron chi connectivity index (χ2n) is 8.16. The van der Waals surface area contributed by atoms with Crippen molar-refractivity contribution in [1.29, 1.82) is 0 Å². The maximum atomic E-state index is 13.8. The van der Waals surface area contributed by atoms with Gasteiger partial charge in [-0.3, -0.25) is 9.69 Å². The van der Waals surface area contributed by atoms with Crippen molar-refractivity contribution in [3.05, 3.63) is 71.0 Å². The van der Waals surface area contributed by atoms with Crippen molar-refractivity contribution in [3.8, 4) is 0 Å². The summed E-state index contributed by atoms with van der Waals surface area (Å²) in [4.78, 5) is 15.4. The summed E-state index contributed by atoms with van der Waals surface area (Å²) in [5, 5.41) is 0. The first-order valence-electron chi connectivity index (χ1n) is 10.0. The lowest BCUT2D eigenvalue weighted by Gasteiger charge is -2.48. The first kappa shape index (κ1) is 20.1. The molecule has 2 heterocycles. The highest BCUT2D eigenvalue weighted by molar-refractivity contribution is 5.98. The molecule has 2 aliphatic heterocycles. The minimum absolute atomic E-state index is 0.170. The van der Waals surface area contributed by atoms with Crippen molar-refractivity contribution in [3.63, 3.8) is 0 Å². The molecule has 2 saturated heterocycles. The van der Waals surface area contributed by atoms with E-state index < -0.39 is 17.6 Å². The Morgan fingerprint density at radius 1 is 1.00 bits per heavy atom. The van der Waals surface area contributed by atoms with Crippen LogP contribution in [-0.4, -0.2) is 22.8 Å². The molecule has 154 valence electrons. The standard InChI is InChI=1S/C23H23F4NO/c24-19-10-16(9-18(13-19)23(25,26)27)22(29)17-11-20-7-4-8-21(12-17)28(20)14-15-5-2-1-3-6-15/h1-3,5-6,9-10,13,17,20-21H,4,7-8,11-12,14H2. The molecule has 6 heteroatoms. The molecule has 4 rings (SSSR count). The first-order valence-corrected chi connectivity index (χ1v) is 10.0. The number of carbonyl (C=O) groups excluding carboxylic acids is 1. The van der Waals surface area contributed by atoms with Crippen LogP contribution in [0.2, 0.25) is 0 Å². The fraction of sp³-hybridized carbons (Fsp3) is 0.435. The summed E-state index contributed by atoms with van der Waals surface area (Å²) in [5.41, 5.74) is -0.0615. The fourth-order valence-electron chi connectivity index (χ4n) is 4.88. The van der Waals surface area contributed by atoms with Crippen LogP contribution in [0.4, 0.5) is 17.6 Å². The monoisotopic (exact) mass is 405 g/mol. The molecule has 0 radical (unpaired) electrons. The van der Waals surface area contributed by atoms with Gasteiger partial charge in [-0.2, -0.15) is 13.2 Å². The van der Waals surface area contributed by atoms with Crippen LogP contribution in [0, 0.1) is 11.7 Å². The quantitative estimate of drug-likeness (QED) is 0.469. The molecule has 2 atom stereocenters. The molecular formula is C23H23F4NO. The number of hydrogen-bond donors (Lipinski definition) is 0. The van der Waals surface area contributed by atoms with Gasteiger partial charge in [-0.1, -0.05) is 36.8 Å². The zero-order valence-electron chi connectivity index (χ0n) is 16.0. The van der Waals surface area contributed by atoms with Gasteiger partial charge in [0.15, 0.2) is 5.78 Å². The summed E-state index contributed by atoms with van der Waals surface area (Å²) >= 11 is 0. The normalized spacial score (nSPS) is 25.0. The highest BCUT2D eigenvalue weighted by Crippen LogP contribution is 2.40. The Hall–Kier alpha value is -2.21. The van der Waals surface area contributed by atoms with E-state index in [1.54, 1.807) is 0 Å². The van der Waals surface area contributed by atoms with Crippen LogP contribution in [0.5, 0.6) is 0 Å². The van der Waals surface area contributed by atoms with Gasteiger partial charge in [0.05, 0.1) is 5.56 Å². The molecule has 2 aromatic carbocycles. The molecule has 2 unspecified atom stereocenters. The van der Waals surface area contributed by atoms with Crippen molar-refractivity contribution >= 4 is 5.78 Å². The summed E-state index contributed by atoms with van der Waals surface area (Å²) in [6, 6.07) is 12.8. The number of fused-ring (bicyclic) bond motifs is 2. The highest BCUT2D eigenvalue weighted by Gasteiger charge is 2.41. The molecule has 0 aliphatic carbocycles. The van der Waals surface area contributed by atoms with Crippen molar-refractivity contribution in [2.75, 3.05) is 0 Å². The van der Waals surface area contributed by atoms with E-state index >= 15 is 0 Å². The van der Waals surface area contributed by atoms with E-state index in [1.165, 1.54) is 5.56 Å². The Balaban J connectivity index is 1.53. The van der Waals surface area contributed by atoms with Crippen LogP contribution in [0.25, 0.3) is 0 Å². The van der Waals surface area contributed by atoms with Crippen LogP contribution in [0.3, 0.4) is 0 Å². The van der Waals surface area contributed by atoms with Crippen LogP contribution in [0.1, 0.15) is 53.6 Å². The van der Waals surface area contributed by atoms with Crippen molar-refractivity contribution in [2.45, 2.75) is 56.9 Å². The number of benzene rings is 2. The second-order valence-corrected chi connectivity index (χ2v) is 8.16. The smallest absolute Gasteiger partial charge is 0.294 e. The number of hydrogen-bond acceptors (Lipinski definition) is 2. The van der Waals surface area contributed by atoms with E-state index in [-0.39, 0.29) is 29.3 Å². The van der Waals surface area contributed by atoms with Gasteiger partial charge >= 0.3 is 6.18 Å². The zero-order valence-corrected chi connectivity index (χ0v) is 16.0. The summed E-state index contributed by atoms with van der Waals surface area (Å²) in [6.45, 7) is 0.815. The van der Waals surface area contributed by atoms with E-state index in [2.05, 4.69) is 17.0 Å². The fourth-order valence-corrected chi connectivity index (χ4v) is 4.88. The molecule has 0 spiro atoms.